The Balaban J connectivity index is 1.75. The summed E-state index contributed by atoms with van der Waals surface area (Å²) in [6.07, 6.45) is -0.753. The number of aromatic nitrogens is 2. The third-order valence-electron chi connectivity index (χ3n) is 4.48. The third kappa shape index (κ3) is 4.89. The predicted molar refractivity (Wildman–Crippen MR) is 112 cm³/mol. The smallest absolute Gasteiger partial charge is 0.265 e. The molecular weight excluding hydrogens is 416 g/mol. The van der Waals surface area contributed by atoms with Gasteiger partial charge in [0.05, 0.1) is 23.6 Å². The molecule has 152 valence electrons. The van der Waals surface area contributed by atoms with Crippen LogP contribution in [0.3, 0.4) is 0 Å². The molecule has 0 aliphatic carbocycles. The highest BCUT2D eigenvalue weighted by atomic mass is 35.5. The number of nitrogens with one attached hydrogen (secondary N) is 1. The highest BCUT2D eigenvalue weighted by Gasteiger charge is 2.20. The van der Waals surface area contributed by atoms with Crippen molar-refractivity contribution in [3.05, 3.63) is 75.3 Å². The molecule has 1 N–H and O–H groups in total. The van der Waals surface area contributed by atoms with Crippen LogP contribution in [0.25, 0.3) is 0 Å². The van der Waals surface area contributed by atoms with Crippen LogP contribution in [0.4, 0.5) is 10.1 Å². The lowest BCUT2D eigenvalue weighted by Crippen LogP contribution is -2.30. The van der Waals surface area contributed by atoms with Crippen LogP contribution in [0.15, 0.2) is 42.5 Å². The molecule has 2 aromatic carbocycles. The van der Waals surface area contributed by atoms with Gasteiger partial charge in [-0.3, -0.25) is 9.48 Å². The minimum absolute atomic E-state index is 0.155. The molecule has 0 aliphatic rings. The molecule has 0 aliphatic heterocycles. The third-order valence-corrected chi connectivity index (χ3v) is 5.07. The van der Waals surface area contributed by atoms with Crippen molar-refractivity contribution in [1.29, 1.82) is 0 Å². The van der Waals surface area contributed by atoms with Gasteiger partial charge in [0.15, 0.2) is 6.10 Å². The second kappa shape index (κ2) is 8.84. The fourth-order valence-corrected chi connectivity index (χ4v) is 3.29. The molecule has 0 fully saturated rings. The minimum Gasteiger partial charge on any atom is -0.481 e. The zero-order chi connectivity index (χ0) is 21.1. The first-order valence-corrected chi connectivity index (χ1v) is 9.72. The van der Waals surface area contributed by atoms with Gasteiger partial charge in [0.2, 0.25) is 0 Å². The van der Waals surface area contributed by atoms with Crippen LogP contribution in [0.5, 0.6) is 5.75 Å². The van der Waals surface area contributed by atoms with E-state index in [4.69, 9.17) is 27.9 Å². The van der Waals surface area contributed by atoms with Crippen molar-refractivity contribution in [3.8, 4) is 5.75 Å². The van der Waals surface area contributed by atoms with Crippen LogP contribution < -0.4 is 10.1 Å². The molecule has 1 atom stereocenters. The van der Waals surface area contributed by atoms with Crippen molar-refractivity contribution in [2.75, 3.05) is 5.32 Å². The van der Waals surface area contributed by atoms with Crippen LogP contribution in [0.2, 0.25) is 10.0 Å². The highest BCUT2D eigenvalue weighted by Crippen LogP contribution is 2.25. The van der Waals surface area contributed by atoms with E-state index in [-0.39, 0.29) is 12.5 Å². The molecular formula is C21H20Cl2FN3O2. The van der Waals surface area contributed by atoms with Crippen molar-refractivity contribution < 1.29 is 13.9 Å². The molecule has 0 saturated carbocycles. The lowest BCUT2D eigenvalue weighted by atomic mass is 10.2. The minimum atomic E-state index is -0.753. The fraction of sp³-hybridized carbons (Fsp3) is 0.238. The summed E-state index contributed by atoms with van der Waals surface area (Å²) in [4.78, 5) is 12.6. The normalized spacial score (nSPS) is 11.9. The van der Waals surface area contributed by atoms with E-state index in [0.717, 1.165) is 0 Å². The number of nitrogens with zero attached hydrogens (tertiary/aromatic N) is 2. The molecule has 1 aromatic heterocycles. The van der Waals surface area contributed by atoms with Crippen LogP contribution >= 0.6 is 23.2 Å². The van der Waals surface area contributed by atoms with Crippen LogP contribution in [0, 0.1) is 19.7 Å². The first kappa shape index (κ1) is 21.1. The molecule has 1 amide bonds. The Labute approximate surface area is 178 Å². The van der Waals surface area contributed by atoms with Gasteiger partial charge in [-0.15, -0.1) is 0 Å². The number of rotatable bonds is 6. The molecule has 0 spiro atoms. The maximum absolute atomic E-state index is 14.1. The maximum atomic E-state index is 14.1. The Morgan fingerprint density at radius 3 is 2.66 bits per heavy atom. The van der Waals surface area contributed by atoms with Gasteiger partial charge in [-0.05, 0) is 51.1 Å². The number of aryl methyl sites for hydroxylation is 1. The SMILES string of the molecule is Cc1nn(Cc2c(F)cccc2Cl)c(C)c1NC(=O)[C@@H](C)Oc1cccc(Cl)c1. The quantitative estimate of drug-likeness (QED) is 0.563. The largest absolute Gasteiger partial charge is 0.481 e. The number of benzene rings is 2. The lowest BCUT2D eigenvalue weighted by molar-refractivity contribution is -0.122. The molecule has 3 aromatic rings. The molecule has 0 saturated heterocycles. The maximum Gasteiger partial charge on any atom is 0.265 e. The predicted octanol–water partition coefficient (Wildman–Crippen LogP) is 5.40. The van der Waals surface area contributed by atoms with E-state index in [1.165, 1.54) is 6.07 Å². The Hall–Kier alpha value is -2.57. The van der Waals surface area contributed by atoms with Crippen molar-refractivity contribution >= 4 is 34.8 Å². The summed E-state index contributed by atoms with van der Waals surface area (Å²) in [7, 11) is 0. The fourth-order valence-electron chi connectivity index (χ4n) is 2.89. The molecule has 0 radical (unpaired) electrons. The number of halogens is 3. The Kier molecular flexibility index (Phi) is 6.45. The summed E-state index contributed by atoms with van der Waals surface area (Å²) >= 11 is 12.1. The number of hydrogen-bond donors (Lipinski definition) is 1. The van der Waals surface area contributed by atoms with Gasteiger partial charge in [0, 0.05) is 15.6 Å². The molecule has 29 heavy (non-hydrogen) atoms. The van der Waals surface area contributed by atoms with E-state index in [2.05, 4.69) is 10.4 Å². The number of carbonyl (C=O) groups is 1. The van der Waals surface area contributed by atoms with Crippen molar-refractivity contribution in [3.63, 3.8) is 0 Å². The molecule has 8 heteroatoms. The van der Waals surface area contributed by atoms with E-state index in [0.29, 0.717) is 38.4 Å². The van der Waals surface area contributed by atoms with Gasteiger partial charge in [-0.25, -0.2) is 4.39 Å². The summed E-state index contributed by atoms with van der Waals surface area (Å²) in [5.41, 5.74) is 2.20. The van der Waals surface area contributed by atoms with E-state index >= 15 is 0 Å². The zero-order valence-electron chi connectivity index (χ0n) is 16.2. The Bertz CT molecular complexity index is 1030. The van der Waals surface area contributed by atoms with Crippen LogP contribution in [-0.2, 0) is 11.3 Å². The number of anilines is 1. The summed E-state index contributed by atoms with van der Waals surface area (Å²) in [6, 6.07) is 11.4. The van der Waals surface area contributed by atoms with Crippen LogP contribution in [0.1, 0.15) is 23.9 Å². The van der Waals surface area contributed by atoms with E-state index in [1.807, 2.05) is 0 Å². The summed E-state index contributed by atoms with van der Waals surface area (Å²) in [5.74, 6) is -0.239. The van der Waals surface area contributed by atoms with Gasteiger partial charge in [0.25, 0.3) is 5.91 Å². The van der Waals surface area contributed by atoms with Crippen molar-refractivity contribution in [2.24, 2.45) is 0 Å². The molecule has 0 bridgehead atoms. The summed E-state index contributed by atoms with van der Waals surface area (Å²) < 4.78 is 21.4. The molecule has 1 heterocycles. The van der Waals surface area contributed by atoms with E-state index < -0.39 is 11.9 Å². The summed E-state index contributed by atoms with van der Waals surface area (Å²) in [6.45, 7) is 5.37. The van der Waals surface area contributed by atoms with Gasteiger partial charge in [-0.1, -0.05) is 35.3 Å². The average Bonchev–Trinajstić information content (AvgIpc) is 2.92. The second-order valence-corrected chi connectivity index (χ2v) is 7.45. The molecule has 5 nitrogen and oxygen atoms in total. The Morgan fingerprint density at radius 2 is 1.97 bits per heavy atom. The number of hydrogen-bond acceptors (Lipinski definition) is 3. The first-order valence-electron chi connectivity index (χ1n) is 8.96. The van der Waals surface area contributed by atoms with Gasteiger partial charge >= 0.3 is 0 Å². The highest BCUT2D eigenvalue weighted by molar-refractivity contribution is 6.31. The topological polar surface area (TPSA) is 56.2 Å². The zero-order valence-corrected chi connectivity index (χ0v) is 17.7. The summed E-state index contributed by atoms with van der Waals surface area (Å²) in [5, 5.41) is 8.10. The van der Waals surface area contributed by atoms with E-state index in [9.17, 15) is 9.18 Å². The number of carbonyl (C=O) groups excluding carboxylic acids is 1. The Morgan fingerprint density at radius 1 is 1.24 bits per heavy atom. The van der Waals surface area contributed by atoms with E-state index in [1.54, 1.807) is 61.9 Å². The monoisotopic (exact) mass is 435 g/mol. The van der Waals surface area contributed by atoms with Crippen molar-refractivity contribution in [1.82, 2.24) is 9.78 Å². The van der Waals surface area contributed by atoms with Gasteiger partial charge in [0.1, 0.15) is 11.6 Å². The molecule has 0 unspecified atom stereocenters. The number of amides is 1. The van der Waals surface area contributed by atoms with Crippen molar-refractivity contribution in [2.45, 2.75) is 33.4 Å². The standard InChI is InChI=1S/C21H20Cl2FN3O2/c1-12-20(25-21(28)14(3)29-16-7-4-6-15(22)10-16)13(2)27(26-12)11-17-18(23)8-5-9-19(17)24/h4-10,14H,11H2,1-3H3,(H,25,28)/t14-/m1/s1. The average molecular weight is 436 g/mol. The first-order chi connectivity index (χ1) is 13.8. The lowest BCUT2D eigenvalue weighted by Gasteiger charge is -2.15. The number of ether oxygens (including phenoxy) is 1. The molecule has 3 rings (SSSR count). The van der Waals surface area contributed by atoms with Gasteiger partial charge in [-0.2, -0.15) is 5.10 Å². The van der Waals surface area contributed by atoms with Crippen LogP contribution in [-0.4, -0.2) is 21.8 Å². The van der Waals surface area contributed by atoms with Gasteiger partial charge < -0.3 is 10.1 Å². The second-order valence-electron chi connectivity index (χ2n) is 6.61.